The summed E-state index contributed by atoms with van der Waals surface area (Å²) in [6.07, 6.45) is 0.323. The standard InChI is InChI=1S/C12H16ClNO2/c1-7-9(11(15)4-5-14)6-10(13)8(2)12(7)16-3/h6H,4-5,14H2,1-3H3. The Morgan fingerprint density at radius 1 is 1.44 bits per heavy atom. The summed E-state index contributed by atoms with van der Waals surface area (Å²) in [5.41, 5.74) is 7.64. The number of halogens is 1. The van der Waals surface area contributed by atoms with Crippen LogP contribution in [0.2, 0.25) is 5.02 Å². The van der Waals surface area contributed by atoms with Crippen molar-refractivity contribution in [3.05, 3.63) is 27.8 Å². The number of ether oxygens (including phenoxy) is 1. The maximum Gasteiger partial charge on any atom is 0.164 e. The molecule has 0 unspecified atom stereocenters. The third-order valence-electron chi connectivity index (χ3n) is 2.59. The molecule has 0 heterocycles. The molecule has 88 valence electrons. The maximum absolute atomic E-state index is 11.8. The van der Waals surface area contributed by atoms with E-state index < -0.39 is 0 Å². The van der Waals surface area contributed by atoms with E-state index in [2.05, 4.69) is 0 Å². The summed E-state index contributed by atoms with van der Waals surface area (Å²) >= 11 is 6.05. The fourth-order valence-corrected chi connectivity index (χ4v) is 1.91. The summed E-state index contributed by atoms with van der Waals surface area (Å²) < 4.78 is 5.26. The van der Waals surface area contributed by atoms with E-state index in [1.165, 1.54) is 0 Å². The van der Waals surface area contributed by atoms with Crippen molar-refractivity contribution >= 4 is 17.4 Å². The number of methoxy groups -OCH3 is 1. The highest BCUT2D eigenvalue weighted by Gasteiger charge is 2.16. The molecule has 0 aliphatic rings. The SMILES string of the molecule is COc1c(C)c(Cl)cc(C(=O)CCN)c1C. The van der Waals surface area contributed by atoms with Crippen LogP contribution >= 0.6 is 11.6 Å². The largest absolute Gasteiger partial charge is 0.496 e. The predicted octanol–water partition coefficient (Wildman–Crippen LogP) is 2.50. The highest BCUT2D eigenvalue weighted by Crippen LogP contribution is 2.32. The summed E-state index contributed by atoms with van der Waals surface area (Å²) in [7, 11) is 1.57. The second-order valence-electron chi connectivity index (χ2n) is 3.65. The predicted molar refractivity (Wildman–Crippen MR) is 65.5 cm³/mol. The Morgan fingerprint density at radius 2 is 2.06 bits per heavy atom. The molecular weight excluding hydrogens is 226 g/mol. The van der Waals surface area contributed by atoms with E-state index in [0.29, 0.717) is 29.3 Å². The lowest BCUT2D eigenvalue weighted by molar-refractivity contribution is 0.0984. The maximum atomic E-state index is 11.8. The minimum absolute atomic E-state index is 0.000185. The van der Waals surface area contributed by atoms with Crippen LogP contribution in [-0.2, 0) is 0 Å². The molecule has 1 rings (SSSR count). The van der Waals surface area contributed by atoms with E-state index in [1.54, 1.807) is 13.2 Å². The Hall–Kier alpha value is -1.06. The topological polar surface area (TPSA) is 52.3 Å². The van der Waals surface area contributed by atoms with Gasteiger partial charge in [-0.15, -0.1) is 0 Å². The van der Waals surface area contributed by atoms with Crippen molar-refractivity contribution in [2.24, 2.45) is 5.73 Å². The molecule has 0 amide bonds. The van der Waals surface area contributed by atoms with E-state index in [0.717, 1.165) is 11.1 Å². The van der Waals surface area contributed by atoms with Gasteiger partial charge in [-0.2, -0.15) is 0 Å². The lowest BCUT2D eigenvalue weighted by Gasteiger charge is -2.13. The number of ketones is 1. The molecule has 4 heteroatoms. The number of hydrogen-bond donors (Lipinski definition) is 1. The minimum atomic E-state index is 0.000185. The molecule has 2 N–H and O–H groups in total. The molecular formula is C12H16ClNO2. The molecule has 1 aromatic rings. The van der Waals surface area contributed by atoms with Crippen molar-refractivity contribution in [3.8, 4) is 5.75 Å². The second kappa shape index (κ2) is 5.32. The van der Waals surface area contributed by atoms with Crippen molar-refractivity contribution in [1.29, 1.82) is 0 Å². The summed E-state index contributed by atoms with van der Waals surface area (Å²) in [4.78, 5) is 11.8. The van der Waals surface area contributed by atoms with Gasteiger partial charge in [0.25, 0.3) is 0 Å². The fraction of sp³-hybridized carbons (Fsp3) is 0.417. The van der Waals surface area contributed by atoms with Crippen molar-refractivity contribution < 1.29 is 9.53 Å². The molecule has 0 bridgehead atoms. The smallest absolute Gasteiger partial charge is 0.164 e. The summed E-state index contributed by atoms with van der Waals surface area (Å²) in [6.45, 7) is 4.06. The molecule has 0 fully saturated rings. The first-order valence-corrected chi connectivity index (χ1v) is 5.47. The molecule has 0 aliphatic carbocycles. The number of Topliss-reactive ketones (excluding diaryl/α,β-unsaturated/α-hetero) is 1. The Balaban J connectivity index is 3.31. The zero-order valence-electron chi connectivity index (χ0n) is 9.76. The average Bonchev–Trinajstić information content (AvgIpc) is 2.24. The van der Waals surface area contributed by atoms with Gasteiger partial charge in [-0.1, -0.05) is 11.6 Å². The third-order valence-corrected chi connectivity index (χ3v) is 2.98. The van der Waals surface area contributed by atoms with Gasteiger partial charge in [-0.05, 0) is 26.5 Å². The highest BCUT2D eigenvalue weighted by atomic mass is 35.5. The highest BCUT2D eigenvalue weighted by molar-refractivity contribution is 6.32. The van der Waals surface area contributed by atoms with Crippen LogP contribution in [0.4, 0.5) is 0 Å². The molecule has 0 atom stereocenters. The summed E-state index contributed by atoms with van der Waals surface area (Å²) in [5, 5.41) is 0.544. The van der Waals surface area contributed by atoms with Crippen molar-refractivity contribution in [1.82, 2.24) is 0 Å². The van der Waals surface area contributed by atoms with Crippen LogP contribution in [0, 0.1) is 13.8 Å². The van der Waals surface area contributed by atoms with E-state index in [1.807, 2.05) is 13.8 Å². The molecule has 0 aliphatic heterocycles. The van der Waals surface area contributed by atoms with Crippen LogP contribution in [0.15, 0.2) is 6.07 Å². The summed E-state index contributed by atoms with van der Waals surface area (Å²) in [6, 6.07) is 1.69. The van der Waals surface area contributed by atoms with Crippen LogP contribution in [0.25, 0.3) is 0 Å². The number of nitrogens with two attached hydrogens (primary N) is 1. The van der Waals surface area contributed by atoms with Crippen molar-refractivity contribution in [2.75, 3.05) is 13.7 Å². The van der Waals surface area contributed by atoms with Gasteiger partial charge >= 0.3 is 0 Å². The van der Waals surface area contributed by atoms with Crippen LogP contribution in [0.1, 0.15) is 27.9 Å². The number of hydrogen-bond acceptors (Lipinski definition) is 3. The van der Waals surface area contributed by atoms with Crippen molar-refractivity contribution in [3.63, 3.8) is 0 Å². The molecule has 0 saturated carbocycles. The number of rotatable bonds is 4. The normalized spacial score (nSPS) is 10.3. The van der Waals surface area contributed by atoms with Gasteiger partial charge in [-0.25, -0.2) is 0 Å². The first kappa shape index (κ1) is 13.0. The third kappa shape index (κ3) is 2.36. The average molecular weight is 242 g/mol. The Bertz CT molecular complexity index is 416. The molecule has 0 aromatic heterocycles. The molecule has 0 spiro atoms. The van der Waals surface area contributed by atoms with E-state index in [-0.39, 0.29) is 5.78 Å². The fourth-order valence-electron chi connectivity index (χ4n) is 1.72. The molecule has 16 heavy (non-hydrogen) atoms. The van der Waals surface area contributed by atoms with Gasteiger partial charge in [0.2, 0.25) is 0 Å². The van der Waals surface area contributed by atoms with Crippen LogP contribution in [0.3, 0.4) is 0 Å². The van der Waals surface area contributed by atoms with E-state index in [4.69, 9.17) is 22.1 Å². The Kier molecular flexibility index (Phi) is 4.33. The van der Waals surface area contributed by atoms with Crippen molar-refractivity contribution in [2.45, 2.75) is 20.3 Å². The Morgan fingerprint density at radius 3 is 2.56 bits per heavy atom. The first-order valence-electron chi connectivity index (χ1n) is 5.09. The van der Waals surface area contributed by atoms with E-state index >= 15 is 0 Å². The minimum Gasteiger partial charge on any atom is -0.496 e. The zero-order chi connectivity index (χ0) is 12.3. The van der Waals surface area contributed by atoms with Crippen LogP contribution in [-0.4, -0.2) is 19.4 Å². The van der Waals surface area contributed by atoms with Gasteiger partial charge in [0.1, 0.15) is 5.75 Å². The molecule has 0 radical (unpaired) electrons. The van der Waals surface area contributed by atoms with Gasteiger partial charge in [0, 0.05) is 28.1 Å². The first-order chi connectivity index (χ1) is 7.52. The van der Waals surface area contributed by atoms with Gasteiger partial charge < -0.3 is 10.5 Å². The number of carbonyl (C=O) groups is 1. The van der Waals surface area contributed by atoms with Gasteiger partial charge in [0.05, 0.1) is 7.11 Å². The number of carbonyl (C=O) groups excluding carboxylic acids is 1. The monoisotopic (exact) mass is 241 g/mol. The number of benzene rings is 1. The van der Waals surface area contributed by atoms with Crippen LogP contribution in [0.5, 0.6) is 5.75 Å². The lowest BCUT2D eigenvalue weighted by atomic mass is 9.99. The van der Waals surface area contributed by atoms with E-state index in [9.17, 15) is 4.79 Å². The molecule has 0 saturated heterocycles. The molecule has 1 aromatic carbocycles. The zero-order valence-corrected chi connectivity index (χ0v) is 10.5. The van der Waals surface area contributed by atoms with Crippen LogP contribution < -0.4 is 10.5 Å². The molecule has 3 nitrogen and oxygen atoms in total. The van der Waals surface area contributed by atoms with Gasteiger partial charge in [-0.3, -0.25) is 4.79 Å². The quantitative estimate of drug-likeness (QED) is 0.824. The lowest BCUT2D eigenvalue weighted by Crippen LogP contribution is -2.10. The van der Waals surface area contributed by atoms with Gasteiger partial charge in [0.15, 0.2) is 5.78 Å². The summed E-state index contributed by atoms with van der Waals surface area (Å²) in [5.74, 6) is 0.674. The Labute approximate surface area is 101 Å². The second-order valence-corrected chi connectivity index (χ2v) is 4.06.